The van der Waals surface area contributed by atoms with E-state index in [0.717, 1.165) is 12.8 Å². The maximum atomic E-state index is 12.3. The van der Waals surface area contributed by atoms with E-state index in [1.54, 1.807) is 18.2 Å². The van der Waals surface area contributed by atoms with E-state index in [4.69, 9.17) is 67.2 Å². The summed E-state index contributed by atoms with van der Waals surface area (Å²) < 4.78 is 43.7. The molecule has 4 aliphatic rings. The highest BCUT2D eigenvalue weighted by atomic mass is 16.8. The van der Waals surface area contributed by atoms with Gasteiger partial charge in [0.05, 0.1) is 30.1 Å². The van der Waals surface area contributed by atoms with E-state index in [1.807, 2.05) is 6.92 Å². The molecule has 4 fully saturated rings. The number of aryl methyl sites for hydroxylation is 2. The van der Waals surface area contributed by atoms with Gasteiger partial charge in [-0.3, -0.25) is 0 Å². The molecule has 3 aromatic rings. The van der Waals surface area contributed by atoms with Crippen LogP contribution in [0.25, 0.3) is 11.1 Å². The number of ether oxygens (including phenoxy) is 6. The van der Waals surface area contributed by atoms with E-state index in [0.29, 0.717) is 34.9 Å². The predicted molar refractivity (Wildman–Crippen MR) is 220 cm³/mol. The van der Waals surface area contributed by atoms with E-state index in [-0.39, 0.29) is 38.4 Å². The smallest absolute Gasteiger partial charge is 0.319 e. The molecule has 64 heavy (non-hydrogen) atoms. The number of hydrogen-bond acceptors (Lipinski definition) is 23. The van der Waals surface area contributed by atoms with Crippen LogP contribution in [0.4, 0.5) is 10.5 Å². The van der Waals surface area contributed by atoms with Gasteiger partial charge in [0.1, 0.15) is 66.6 Å². The molecule has 5 heterocycles. The summed E-state index contributed by atoms with van der Waals surface area (Å²) in [6, 6.07) is 0.360. The molecule has 19 atom stereocenters. The summed E-state index contributed by atoms with van der Waals surface area (Å²) in [6.07, 6.45) is -17.0. The van der Waals surface area contributed by atoms with Crippen LogP contribution < -0.4 is 45.0 Å². The summed E-state index contributed by atoms with van der Waals surface area (Å²) in [5.74, 6) is 0.387. The van der Waals surface area contributed by atoms with Gasteiger partial charge in [-0.25, -0.2) is 14.5 Å². The zero-order chi connectivity index (χ0) is 46.0. The second kappa shape index (κ2) is 20.9. The number of oxazole rings is 1. The molecule has 1 aliphatic carbocycles. The number of nitrogens with zero attached hydrogens (tertiary/aromatic N) is 4. The Morgan fingerprint density at radius 1 is 0.797 bits per heavy atom. The van der Waals surface area contributed by atoms with Crippen molar-refractivity contribution in [3.05, 3.63) is 36.0 Å². The monoisotopic (exact) mass is 910 g/mol. The molecule has 2 aromatic heterocycles. The van der Waals surface area contributed by atoms with Crippen molar-refractivity contribution in [2.45, 2.75) is 155 Å². The van der Waals surface area contributed by atoms with Crippen LogP contribution in [0.15, 0.2) is 28.8 Å². The second-order valence-electron chi connectivity index (χ2n) is 16.6. The van der Waals surface area contributed by atoms with Crippen LogP contribution >= 0.6 is 0 Å². The number of benzene rings is 1. The Balaban J connectivity index is 1.09. The zero-order valence-electron chi connectivity index (χ0n) is 35.1. The first-order chi connectivity index (χ1) is 30.6. The lowest BCUT2D eigenvalue weighted by Crippen LogP contribution is -2.68. The van der Waals surface area contributed by atoms with Crippen molar-refractivity contribution < 1.29 is 68.3 Å². The second-order valence-corrected chi connectivity index (χ2v) is 16.6. The van der Waals surface area contributed by atoms with E-state index in [2.05, 4.69) is 25.9 Å². The fourth-order valence-electron chi connectivity index (χ4n) is 8.20. The lowest BCUT2D eigenvalue weighted by Gasteiger charge is -2.47. The fourth-order valence-corrected chi connectivity index (χ4v) is 8.20. The number of urea groups is 1. The summed E-state index contributed by atoms with van der Waals surface area (Å²) >= 11 is 0. The van der Waals surface area contributed by atoms with Crippen LogP contribution in [-0.2, 0) is 41.3 Å². The maximum Gasteiger partial charge on any atom is 0.319 e. The number of amides is 2. The molecule has 26 heteroatoms. The number of rotatable bonds is 16. The van der Waals surface area contributed by atoms with Gasteiger partial charge in [0.2, 0.25) is 0 Å². The SMILES string of the molecule is CCCCNC(=O)Nc1ccc2oc(CCc3cn([C@H]4O[C@@H](O[C@@H]5[C@@H](O)[C@H](N)C[C@H](N)[C@H]5O[C@H]5O[C@H](CN)[C@@H](O)[C@H](O)[C@H]5N)[C@H](O)[C@@H]4O[C@H]4O[C@@H](CN)[C@@H](O)[C@H](O)[C@H]4N)nn3)nc2c1. The average molecular weight is 911 g/mol. The summed E-state index contributed by atoms with van der Waals surface area (Å²) in [6.45, 7) is 2.20. The Morgan fingerprint density at radius 3 is 2.08 bits per heavy atom. The molecule has 3 aliphatic heterocycles. The van der Waals surface area contributed by atoms with Crippen LogP contribution in [-0.4, -0.2) is 186 Å². The normalized spacial score (nSPS) is 39.3. The van der Waals surface area contributed by atoms with Crippen molar-refractivity contribution in [3.8, 4) is 0 Å². The van der Waals surface area contributed by atoms with Crippen LogP contribution in [0.2, 0.25) is 0 Å². The Morgan fingerprint density at radius 2 is 1.44 bits per heavy atom. The highest BCUT2D eigenvalue weighted by Gasteiger charge is 2.55. The minimum Gasteiger partial charge on any atom is -0.441 e. The first-order valence-electron chi connectivity index (χ1n) is 21.4. The van der Waals surface area contributed by atoms with Crippen molar-refractivity contribution >= 4 is 22.8 Å². The molecule has 3 saturated heterocycles. The average Bonchev–Trinajstić information content (AvgIpc) is 4.00. The third-order valence-corrected chi connectivity index (χ3v) is 12.0. The van der Waals surface area contributed by atoms with Crippen molar-refractivity contribution in [2.24, 2.45) is 34.4 Å². The molecule has 7 rings (SSSR count). The molecular formula is C38H62N12O14. The van der Waals surface area contributed by atoms with Gasteiger partial charge in [0, 0.05) is 50.2 Å². The number of hydrogen-bond donors (Lipinski definition) is 14. The summed E-state index contributed by atoms with van der Waals surface area (Å²) in [5.41, 5.74) is 38.8. The molecule has 26 nitrogen and oxygen atoms in total. The van der Waals surface area contributed by atoms with Gasteiger partial charge < -0.3 is 109 Å². The topological polar surface area (TPSA) is 431 Å². The lowest BCUT2D eigenvalue weighted by atomic mass is 9.84. The molecule has 0 spiro atoms. The highest BCUT2D eigenvalue weighted by Crippen LogP contribution is 2.38. The van der Waals surface area contributed by atoms with E-state index < -0.39 is 116 Å². The minimum absolute atomic E-state index is 0.0520. The Kier molecular flexibility index (Phi) is 15.8. The van der Waals surface area contributed by atoms with Crippen molar-refractivity contribution in [1.29, 1.82) is 0 Å². The molecule has 1 saturated carbocycles. The molecular weight excluding hydrogens is 848 g/mol. The van der Waals surface area contributed by atoms with Crippen LogP contribution in [0, 0.1) is 0 Å². The quantitative estimate of drug-likeness (QED) is 0.0596. The van der Waals surface area contributed by atoms with Crippen LogP contribution in [0.5, 0.6) is 0 Å². The fraction of sp³-hybridized carbons (Fsp3) is 0.737. The summed E-state index contributed by atoms with van der Waals surface area (Å²) in [5, 5.41) is 79.6. The molecule has 0 bridgehead atoms. The number of anilines is 1. The number of nitrogens with one attached hydrogen (secondary N) is 2. The number of aliphatic hydroxyl groups excluding tert-OH is 6. The largest absolute Gasteiger partial charge is 0.441 e. The van der Waals surface area contributed by atoms with Crippen molar-refractivity contribution in [1.82, 2.24) is 25.3 Å². The third-order valence-electron chi connectivity index (χ3n) is 12.0. The Labute approximate surface area is 366 Å². The lowest BCUT2D eigenvalue weighted by molar-refractivity contribution is -0.307. The van der Waals surface area contributed by atoms with E-state index in [9.17, 15) is 35.4 Å². The molecule has 358 valence electrons. The Hall–Kier alpha value is -3.62. The van der Waals surface area contributed by atoms with Gasteiger partial charge in [-0.05, 0) is 31.0 Å². The van der Waals surface area contributed by atoms with Crippen molar-refractivity contribution in [2.75, 3.05) is 25.0 Å². The first-order valence-corrected chi connectivity index (χ1v) is 21.4. The predicted octanol–water partition coefficient (Wildman–Crippen LogP) is -5.62. The molecule has 0 radical (unpaired) electrons. The van der Waals surface area contributed by atoms with Gasteiger partial charge in [-0.1, -0.05) is 18.6 Å². The van der Waals surface area contributed by atoms with E-state index in [1.165, 1.54) is 10.9 Å². The van der Waals surface area contributed by atoms with Crippen molar-refractivity contribution in [3.63, 3.8) is 0 Å². The summed E-state index contributed by atoms with van der Waals surface area (Å²) in [4.78, 5) is 16.8. The Bertz CT molecular complexity index is 1980. The number of carbonyl (C=O) groups is 1. The number of aromatic nitrogens is 4. The van der Waals surface area contributed by atoms with Crippen LogP contribution in [0.3, 0.4) is 0 Å². The summed E-state index contributed by atoms with van der Waals surface area (Å²) in [7, 11) is 0. The van der Waals surface area contributed by atoms with Crippen LogP contribution in [0.1, 0.15) is 44.0 Å². The minimum atomic E-state index is -1.70. The highest BCUT2D eigenvalue weighted by molar-refractivity contribution is 5.91. The maximum absolute atomic E-state index is 12.3. The van der Waals surface area contributed by atoms with Gasteiger partial charge in [-0.15, -0.1) is 5.10 Å². The molecule has 1 aromatic carbocycles. The number of fused-ring (bicyclic) bond motifs is 1. The standard InChI is InChI=1S/C38H62N12O14/c1-2-3-8-45-38(57)46-14-4-6-19-18(9-14)47-22(58-19)7-5-15-13-50(49-48-15)34-33(63-36-24(44)29(55)27(53)21(12-40)60-36)30(56)37(64-34)62-32-25(51)16(41)10-17(42)31(32)61-35-23(43)28(54)26(52)20(11-39)59-35/h4,6,9,13,16-17,20-21,23-37,51-56H,2-3,5,7-8,10-12,39-44H2,1H3,(H2,45,46,57)/t16-,17+,20-,21+,23-,24-,25+,26-,27-,28-,29-,30-,31-,32-,33+,34+,35-,36-,37-/m1/s1. The van der Waals surface area contributed by atoms with Gasteiger partial charge in [0.15, 0.2) is 36.6 Å². The van der Waals surface area contributed by atoms with Gasteiger partial charge >= 0.3 is 6.03 Å². The number of unbranched alkanes of at least 4 members (excludes halogenated alkanes) is 1. The number of carbonyl (C=O) groups excluding carboxylic acids is 1. The number of aliphatic hydroxyl groups is 6. The van der Waals surface area contributed by atoms with Gasteiger partial charge in [-0.2, -0.15) is 0 Å². The van der Waals surface area contributed by atoms with E-state index >= 15 is 0 Å². The number of nitrogens with two attached hydrogens (primary N) is 6. The molecule has 2 amide bonds. The third kappa shape index (κ3) is 10.3. The zero-order valence-corrected chi connectivity index (χ0v) is 35.1. The molecule has 0 unspecified atom stereocenters. The first kappa shape index (κ1) is 48.3. The molecule has 20 N–H and O–H groups in total. The van der Waals surface area contributed by atoms with Gasteiger partial charge in [0.25, 0.3) is 0 Å².